The van der Waals surface area contributed by atoms with Gasteiger partial charge in [-0.15, -0.1) is 0 Å². The van der Waals surface area contributed by atoms with Crippen LogP contribution in [0.25, 0.3) is 17.4 Å². The Morgan fingerprint density at radius 2 is 2.04 bits per heavy atom. The van der Waals surface area contributed by atoms with E-state index in [2.05, 4.69) is 5.32 Å². The number of benzene rings is 1. The van der Waals surface area contributed by atoms with E-state index >= 15 is 0 Å². The Kier molecular flexibility index (Phi) is 4.14. The predicted molar refractivity (Wildman–Crippen MR) is 89.7 cm³/mol. The smallest absolute Gasteiger partial charge is 0.335 e. The lowest BCUT2D eigenvalue weighted by atomic mass is 10.0. The molecule has 0 spiro atoms. The molecule has 1 saturated heterocycles. The van der Waals surface area contributed by atoms with Crippen LogP contribution in [0.1, 0.15) is 28.6 Å². The third-order valence-corrected chi connectivity index (χ3v) is 3.93. The van der Waals surface area contributed by atoms with E-state index in [0.29, 0.717) is 18.1 Å². The van der Waals surface area contributed by atoms with Crippen LogP contribution < -0.4 is 5.32 Å². The second kappa shape index (κ2) is 6.27. The van der Waals surface area contributed by atoms with Gasteiger partial charge in [-0.3, -0.25) is 9.69 Å². The predicted octanol–water partition coefficient (Wildman–Crippen LogP) is 2.87. The summed E-state index contributed by atoms with van der Waals surface area (Å²) in [7, 11) is 0. The summed E-state index contributed by atoms with van der Waals surface area (Å²) < 4.78 is 5.72. The summed E-state index contributed by atoms with van der Waals surface area (Å²) >= 11 is 0. The highest BCUT2D eigenvalue weighted by molar-refractivity contribution is 6.13. The van der Waals surface area contributed by atoms with E-state index in [4.69, 9.17) is 9.52 Å². The van der Waals surface area contributed by atoms with Gasteiger partial charge in [-0.05, 0) is 43.7 Å². The van der Waals surface area contributed by atoms with Crippen molar-refractivity contribution < 1.29 is 23.9 Å². The van der Waals surface area contributed by atoms with Crippen molar-refractivity contribution in [1.29, 1.82) is 0 Å². The number of carbonyl (C=O) groups excluding carboxylic acids is 2. The first-order chi connectivity index (χ1) is 11.9. The van der Waals surface area contributed by atoms with Crippen LogP contribution in [0.15, 0.2) is 40.4 Å². The molecule has 1 aromatic carbocycles. The van der Waals surface area contributed by atoms with Gasteiger partial charge in [0.15, 0.2) is 0 Å². The topological polar surface area (TPSA) is 99.8 Å². The van der Waals surface area contributed by atoms with Gasteiger partial charge in [0.05, 0.1) is 5.56 Å². The number of aryl methyl sites for hydroxylation is 1. The minimum Gasteiger partial charge on any atom is -0.478 e. The molecule has 3 amide bonds. The number of imide groups is 1. The van der Waals surface area contributed by atoms with Gasteiger partial charge in [0.25, 0.3) is 5.91 Å². The van der Waals surface area contributed by atoms with Gasteiger partial charge < -0.3 is 14.8 Å². The van der Waals surface area contributed by atoms with Crippen molar-refractivity contribution in [3.8, 4) is 11.3 Å². The molecule has 0 aliphatic carbocycles. The first-order valence-corrected chi connectivity index (χ1v) is 7.69. The maximum absolute atomic E-state index is 12.1. The van der Waals surface area contributed by atoms with Crippen LogP contribution in [-0.2, 0) is 4.79 Å². The maximum atomic E-state index is 12.1. The Bertz CT molecular complexity index is 910. The van der Waals surface area contributed by atoms with E-state index in [-0.39, 0.29) is 11.3 Å². The summed E-state index contributed by atoms with van der Waals surface area (Å²) in [5, 5.41) is 11.5. The molecular formula is C18H16N2O5. The molecule has 0 bridgehead atoms. The molecule has 2 heterocycles. The third kappa shape index (κ3) is 3.03. The molecule has 1 aromatic heterocycles. The second-order valence-electron chi connectivity index (χ2n) is 5.57. The first-order valence-electron chi connectivity index (χ1n) is 7.69. The number of likely N-dealkylation sites (N-methyl/N-ethyl adjacent to an activating group) is 1. The molecule has 0 unspecified atom stereocenters. The van der Waals surface area contributed by atoms with Gasteiger partial charge in [0.2, 0.25) is 0 Å². The number of furan rings is 1. The number of nitrogens with one attached hydrogen (secondary N) is 1. The Labute approximate surface area is 143 Å². The zero-order chi connectivity index (χ0) is 18.1. The van der Waals surface area contributed by atoms with Crippen LogP contribution in [0.3, 0.4) is 0 Å². The van der Waals surface area contributed by atoms with E-state index in [1.807, 2.05) is 0 Å². The molecular weight excluding hydrogens is 324 g/mol. The lowest BCUT2D eigenvalue weighted by Crippen LogP contribution is -2.30. The van der Waals surface area contributed by atoms with E-state index in [9.17, 15) is 14.4 Å². The Hall–Kier alpha value is -3.35. The molecule has 0 atom stereocenters. The summed E-state index contributed by atoms with van der Waals surface area (Å²) in [4.78, 5) is 35.8. The van der Waals surface area contributed by atoms with Crippen LogP contribution in [-0.4, -0.2) is 34.5 Å². The standard InChI is InChI=1S/C18H16N2O5/c1-3-20-16(21)14(19-18(20)24)9-12-5-7-15(25-12)13-6-4-11(17(22)23)8-10(13)2/h4-9H,3H2,1-2H3,(H,19,24)(H,22,23). The van der Waals surface area contributed by atoms with Gasteiger partial charge in [-0.1, -0.05) is 6.07 Å². The van der Waals surface area contributed by atoms with Crippen molar-refractivity contribution in [3.63, 3.8) is 0 Å². The highest BCUT2D eigenvalue weighted by atomic mass is 16.4. The van der Waals surface area contributed by atoms with Crippen molar-refractivity contribution in [3.05, 3.63) is 52.9 Å². The second-order valence-corrected chi connectivity index (χ2v) is 5.57. The van der Waals surface area contributed by atoms with Gasteiger partial charge in [0.1, 0.15) is 17.2 Å². The number of hydrogen-bond donors (Lipinski definition) is 2. The molecule has 2 N–H and O–H groups in total. The third-order valence-electron chi connectivity index (χ3n) is 3.93. The summed E-state index contributed by atoms with van der Waals surface area (Å²) in [5.74, 6) is -0.424. The van der Waals surface area contributed by atoms with Gasteiger partial charge in [0, 0.05) is 18.2 Å². The monoisotopic (exact) mass is 340 g/mol. The van der Waals surface area contributed by atoms with Crippen molar-refractivity contribution >= 4 is 24.0 Å². The molecule has 1 aliphatic rings. The summed E-state index contributed by atoms with van der Waals surface area (Å²) in [6.45, 7) is 3.80. The summed E-state index contributed by atoms with van der Waals surface area (Å²) in [5.41, 5.74) is 1.88. The van der Waals surface area contributed by atoms with Crippen molar-refractivity contribution in [2.45, 2.75) is 13.8 Å². The average molecular weight is 340 g/mol. The first kappa shape index (κ1) is 16.5. The normalized spacial score (nSPS) is 15.8. The molecule has 7 nitrogen and oxygen atoms in total. The zero-order valence-electron chi connectivity index (χ0n) is 13.7. The van der Waals surface area contributed by atoms with E-state index in [1.165, 1.54) is 12.1 Å². The number of carboxylic acids is 1. The van der Waals surface area contributed by atoms with Crippen LogP contribution in [0.5, 0.6) is 0 Å². The summed E-state index contributed by atoms with van der Waals surface area (Å²) in [6, 6.07) is 7.71. The number of hydrogen-bond acceptors (Lipinski definition) is 4. The average Bonchev–Trinajstić information content (AvgIpc) is 3.12. The molecule has 0 radical (unpaired) electrons. The van der Waals surface area contributed by atoms with Gasteiger partial charge in [-0.25, -0.2) is 9.59 Å². The SMILES string of the molecule is CCN1C(=O)NC(=Cc2ccc(-c3ccc(C(=O)O)cc3C)o2)C1=O. The molecule has 7 heteroatoms. The van der Waals surface area contributed by atoms with Crippen molar-refractivity contribution in [2.24, 2.45) is 0 Å². The number of carbonyl (C=O) groups is 3. The summed E-state index contributed by atoms with van der Waals surface area (Å²) in [6.07, 6.45) is 1.47. The molecule has 25 heavy (non-hydrogen) atoms. The van der Waals surface area contributed by atoms with E-state index in [0.717, 1.165) is 16.0 Å². The van der Waals surface area contributed by atoms with Crippen LogP contribution in [0, 0.1) is 6.92 Å². The van der Waals surface area contributed by atoms with Gasteiger partial charge in [-0.2, -0.15) is 0 Å². The van der Waals surface area contributed by atoms with Crippen LogP contribution in [0.4, 0.5) is 4.79 Å². The number of amides is 3. The minimum atomic E-state index is -0.990. The van der Waals surface area contributed by atoms with Crippen molar-refractivity contribution in [2.75, 3.05) is 6.54 Å². The number of rotatable bonds is 4. The highest BCUT2D eigenvalue weighted by Gasteiger charge is 2.32. The minimum absolute atomic E-state index is 0.158. The number of carboxylic acid groups (broad SMARTS) is 1. The maximum Gasteiger partial charge on any atom is 0.335 e. The van der Waals surface area contributed by atoms with Crippen LogP contribution >= 0.6 is 0 Å². The fraction of sp³-hybridized carbons (Fsp3) is 0.167. The Morgan fingerprint density at radius 1 is 1.28 bits per heavy atom. The molecule has 0 saturated carbocycles. The van der Waals surface area contributed by atoms with E-state index < -0.39 is 17.9 Å². The zero-order valence-corrected chi connectivity index (χ0v) is 13.7. The largest absolute Gasteiger partial charge is 0.478 e. The van der Waals surface area contributed by atoms with Crippen LogP contribution in [0.2, 0.25) is 0 Å². The van der Waals surface area contributed by atoms with Gasteiger partial charge >= 0.3 is 12.0 Å². The molecule has 1 aliphatic heterocycles. The quantitative estimate of drug-likeness (QED) is 0.658. The number of urea groups is 1. The lowest BCUT2D eigenvalue weighted by Gasteiger charge is -2.05. The Morgan fingerprint density at radius 3 is 2.64 bits per heavy atom. The molecule has 128 valence electrons. The molecule has 2 aromatic rings. The van der Waals surface area contributed by atoms with E-state index in [1.54, 1.807) is 38.1 Å². The Balaban J connectivity index is 1.89. The molecule has 3 rings (SSSR count). The fourth-order valence-electron chi connectivity index (χ4n) is 2.65. The molecule has 1 fully saturated rings. The highest BCUT2D eigenvalue weighted by Crippen LogP contribution is 2.27. The lowest BCUT2D eigenvalue weighted by molar-refractivity contribution is -0.122. The number of aromatic carboxylic acids is 1. The van der Waals surface area contributed by atoms with Crippen molar-refractivity contribution in [1.82, 2.24) is 10.2 Å². The fourth-order valence-corrected chi connectivity index (χ4v) is 2.65. The number of nitrogens with zero attached hydrogens (tertiary/aromatic N) is 1.